The highest BCUT2D eigenvalue weighted by Gasteiger charge is 2.52. The summed E-state index contributed by atoms with van der Waals surface area (Å²) in [6.45, 7) is 0.679. The molecule has 164 valence electrons. The van der Waals surface area contributed by atoms with Crippen LogP contribution in [0.3, 0.4) is 0 Å². The van der Waals surface area contributed by atoms with Gasteiger partial charge in [0.2, 0.25) is 0 Å². The van der Waals surface area contributed by atoms with Crippen LogP contribution in [0.4, 0.5) is 0 Å². The molecule has 0 saturated carbocycles. The lowest BCUT2D eigenvalue weighted by Gasteiger charge is -2.47. The third-order valence-corrected chi connectivity index (χ3v) is 6.82. The van der Waals surface area contributed by atoms with Crippen LogP contribution in [-0.4, -0.2) is 62.8 Å². The first kappa shape index (κ1) is 23.5. The first-order valence-electron chi connectivity index (χ1n) is 9.63. The fourth-order valence-electron chi connectivity index (χ4n) is 3.91. The Bertz CT molecular complexity index is 875. The van der Waals surface area contributed by atoms with Crippen LogP contribution in [0, 0.1) is 0 Å². The summed E-state index contributed by atoms with van der Waals surface area (Å²) in [5, 5.41) is 51.1. The molecule has 0 spiro atoms. The van der Waals surface area contributed by atoms with Gasteiger partial charge >= 0.3 is 0 Å². The molecule has 0 amide bonds. The van der Waals surface area contributed by atoms with Gasteiger partial charge in [-0.15, -0.1) is 11.8 Å². The van der Waals surface area contributed by atoms with Crippen LogP contribution in [0.2, 0.25) is 5.02 Å². The van der Waals surface area contributed by atoms with Gasteiger partial charge in [-0.25, -0.2) is 0 Å². The van der Waals surface area contributed by atoms with Gasteiger partial charge in [-0.1, -0.05) is 29.8 Å². The van der Waals surface area contributed by atoms with Crippen molar-refractivity contribution in [3.63, 3.8) is 0 Å². The lowest BCUT2D eigenvalue weighted by Crippen LogP contribution is -2.62. The molecule has 3 rings (SSSR count). The lowest BCUT2D eigenvalue weighted by atomic mass is 9.78. The standard InChI is InChI=1S/C22H27ClO6S/c1-22(21(28)20(27)19(26)18(11-25)29-22)16-8-13(17(23)9-14(16)10-24)7-12-3-5-15(30-2)6-4-12/h3-6,8-9,18-21,24-28H,7,10-11H2,1-2H3/t18-,19-,20?,21-,22+/m1/s1. The van der Waals surface area contributed by atoms with Crippen LogP contribution in [-0.2, 0) is 23.4 Å². The SMILES string of the molecule is CSc1ccc(Cc2cc([C@]3(C)O[C@H](CO)[C@@H](O)C(O)[C@H]3O)c(CO)cc2Cl)cc1. The molecule has 5 N–H and O–H groups in total. The molecule has 0 radical (unpaired) electrons. The molecule has 5 atom stereocenters. The third kappa shape index (κ3) is 4.40. The maximum Gasteiger partial charge on any atom is 0.120 e. The van der Waals surface area contributed by atoms with Gasteiger partial charge in [-0.2, -0.15) is 0 Å². The molecule has 1 heterocycles. The van der Waals surface area contributed by atoms with E-state index in [1.807, 2.05) is 30.5 Å². The molecule has 0 aliphatic carbocycles. The van der Waals surface area contributed by atoms with E-state index in [1.165, 1.54) is 0 Å². The van der Waals surface area contributed by atoms with Crippen LogP contribution in [0.1, 0.15) is 29.2 Å². The van der Waals surface area contributed by atoms with E-state index >= 15 is 0 Å². The van der Waals surface area contributed by atoms with Gasteiger partial charge in [0.1, 0.15) is 30.0 Å². The van der Waals surface area contributed by atoms with E-state index in [0.717, 1.165) is 16.0 Å². The molecule has 6 nitrogen and oxygen atoms in total. The van der Waals surface area contributed by atoms with E-state index in [1.54, 1.807) is 30.8 Å². The summed E-state index contributed by atoms with van der Waals surface area (Å²) in [7, 11) is 0. The maximum atomic E-state index is 10.7. The van der Waals surface area contributed by atoms with E-state index in [0.29, 0.717) is 22.6 Å². The second-order valence-electron chi connectivity index (χ2n) is 7.66. The topological polar surface area (TPSA) is 110 Å². The molecule has 2 aromatic rings. The van der Waals surface area contributed by atoms with Gasteiger partial charge < -0.3 is 30.3 Å². The van der Waals surface area contributed by atoms with Crippen LogP contribution >= 0.6 is 23.4 Å². The second-order valence-corrected chi connectivity index (χ2v) is 8.94. The fourth-order valence-corrected chi connectivity index (χ4v) is 4.57. The Morgan fingerprint density at radius 2 is 1.70 bits per heavy atom. The average Bonchev–Trinajstić information content (AvgIpc) is 2.76. The maximum absolute atomic E-state index is 10.7. The summed E-state index contributed by atoms with van der Waals surface area (Å²) in [6.07, 6.45) is -2.99. The number of aliphatic hydroxyl groups excluding tert-OH is 5. The minimum Gasteiger partial charge on any atom is -0.394 e. The molecule has 2 aromatic carbocycles. The predicted molar refractivity (Wildman–Crippen MR) is 116 cm³/mol. The zero-order valence-electron chi connectivity index (χ0n) is 16.8. The fraction of sp³-hybridized carbons (Fsp3) is 0.455. The smallest absolute Gasteiger partial charge is 0.120 e. The van der Waals surface area contributed by atoms with Crippen molar-refractivity contribution in [2.45, 2.75) is 54.9 Å². The van der Waals surface area contributed by atoms with Crippen molar-refractivity contribution >= 4 is 23.4 Å². The summed E-state index contributed by atoms with van der Waals surface area (Å²) in [6, 6.07) is 11.4. The quantitative estimate of drug-likeness (QED) is 0.423. The minimum absolute atomic E-state index is 0.355. The van der Waals surface area contributed by atoms with Crippen molar-refractivity contribution in [2.24, 2.45) is 0 Å². The highest BCUT2D eigenvalue weighted by molar-refractivity contribution is 7.98. The summed E-state index contributed by atoms with van der Waals surface area (Å²) in [4.78, 5) is 1.15. The number of ether oxygens (including phenoxy) is 1. The zero-order valence-corrected chi connectivity index (χ0v) is 18.4. The molecule has 0 aromatic heterocycles. The summed E-state index contributed by atoms with van der Waals surface area (Å²) < 4.78 is 5.85. The molecule has 1 unspecified atom stereocenters. The van der Waals surface area contributed by atoms with Crippen molar-refractivity contribution in [2.75, 3.05) is 12.9 Å². The van der Waals surface area contributed by atoms with Gasteiger partial charge in [0.05, 0.1) is 13.2 Å². The van der Waals surface area contributed by atoms with E-state index in [9.17, 15) is 25.5 Å². The van der Waals surface area contributed by atoms with E-state index in [4.69, 9.17) is 16.3 Å². The average molecular weight is 455 g/mol. The number of aliphatic hydroxyl groups is 5. The Morgan fingerprint density at radius 3 is 2.27 bits per heavy atom. The Morgan fingerprint density at radius 1 is 1.03 bits per heavy atom. The first-order valence-corrected chi connectivity index (χ1v) is 11.2. The summed E-state index contributed by atoms with van der Waals surface area (Å²) in [5.41, 5.74) is 1.22. The van der Waals surface area contributed by atoms with Crippen molar-refractivity contribution in [1.29, 1.82) is 0 Å². The molecule has 0 bridgehead atoms. The van der Waals surface area contributed by atoms with E-state index in [2.05, 4.69) is 0 Å². The number of halogens is 1. The van der Waals surface area contributed by atoms with Gasteiger partial charge in [0.15, 0.2) is 0 Å². The van der Waals surface area contributed by atoms with Crippen molar-refractivity contribution in [3.8, 4) is 0 Å². The van der Waals surface area contributed by atoms with Gasteiger partial charge in [0, 0.05) is 9.92 Å². The van der Waals surface area contributed by atoms with Gasteiger partial charge in [0.25, 0.3) is 0 Å². The molecule has 1 fully saturated rings. The highest BCUT2D eigenvalue weighted by Crippen LogP contribution is 2.41. The van der Waals surface area contributed by atoms with Crippen molar-refractivity contribution in [3.05, 3.63) is 63.7 Å². The van der Waals surface area contributed by atoms with Crippen molar-refractivity contribution in [1.82, 2.24) is 0 Å². The number of rotatable bonds is 6. The van der Waals surface area contributed by atoms with Gasteiger partial charge in [-0.3, -0.25) is 0 Å². The number of thioether (sulfide) groups is 1. The highest BCUT2D eigenvalue weighted by atomic mass is 35.5. The third-order valence-electron chi connectivity index (χ3n) is 5.73. The number of hydrogen-bond acceptors (Lipinski definition) is 7. The molecule has 30 heavy (non-hydrogen) atoms. The van der Waals surface area contributed by atoms with Crippen LogP contribution in [0.5, 0.6) is 0 Å². The summed E-state index contributed by atoms with van der Waals surface area (Å²) in [5.74, 6) is 0. The Kier molecular flexibility index (Phi) is 7.48. The second kappa shape index (κ2) is 9.54. The normalized spacial score (nSPS) is 29.2. The molecular formula is C22H27ClO6S. The van der Waals surface area contributed by atoms with Crippen LogP contribution < -0.4 is 0 Å². The van der Waals surface area contributed by atoms with Crippen LogP contribution in [0.25, 0.3) is 0 Å². The molecule has 1 aliphatic rings. The largest absolute Gasteiger partial charge is 0.394 e. The molecular weight excluding hydrogens is 428 g/mol. The molecule has 1 aliphatic heterocycles. The van der Waals surface area contributed by atoms with E-state index < -0.39 is 36.6 Å². The number of hydrogen-bond donors (Lipinski definition) is 5. The monoisotopic (exact) mass is 454 g/mol. The number of benzene rings is 2. The lowest BCUT2D eigenvalue weighted by molar-refractivity contribution is -0.273. The Labute approximate surface area is 185 Å². The molecule has 8 heteroatoms. The Balaban J connectivity index is 2.03. The summed E-state index contributed by atoms with van der Waals surface area (Å²) >= 11 is 8.12. The van der Waals surface area contributed by atoms with Gasteiger partial charge in [-0.05, 0) is 60.1 Å². The zero-order chi connectivity index (χ0) is 22.1. The Hall–Kier alpha value is -1.16. The minimum atomic E-state index is -1.52. The predicted octanol–water partition coefficient (Wildman–Crippen LogP) is 1.83. The van der Waals surface area contributed by atoms with Crippen molar-refractivity contribution < 1.29 is 30.3 Å². The first-order chi connectivity index (χ1) is 14.2. The molecule has 1 saturated heterocycles. The van der Waals surface area contributed by atoms with E-state index in [-0.39, 0.29) is 6.61 Å². The van der Waals surface area contributed by atoms with Crippen LogP contribution in [0.15, 0.2) is 41.3 Å².